The van der Waals surface area contributed by atoms with Crippen molar-refractivity contribution in [2.75, 3.05) is 0 Å². The van der Waals surface area contributed by atoms with E-state index in [2.05, 4.69) is 15.5 Å². The molecule has 0 aromatic carbocycles. The molecule has 0 saturated heterocycles. The Morgan fingerprint density at radius 2 is 2.31 bits per heavy atom. The van der Waals surface area contributed by atoms with Gasteiger partial charge < -0.3 is 5.11 Å². The smallest absolute Gasteiger partial charge is 0.328 e. The van der Waals surface area contributed by atoms with Crippen LogP contribution in [-0.4, -0.2) is 31.3 Å². The first-order valence-corrected chi connectivity index (χ1v) is 4.06. The van der Waals surface area contributed by atoms with E-state index in [1.54, 1.807) is 0 Å². The molecule has 72 valence electrons. The van der Waals surface area contributed by atoms with Crippen molar-refractivity contribution in [1.29, 1.82) is 0 Å². The van der Waals surface area contributed by atoms with Gasteiger partial charge in [0.25, 0.3) is 0 Å². The summed E-state index contributed by atoms with van der Waals surface area (Å²) in [5.74, 6) is -0.605. The Hall–Kier alpha value is -1.46. The Balaban J connectivity index is 2.75. The normalized spacial score (nSPS) is 13.2. The van der Waals surface area contributed by atoms with Gasteiger partial charge in [0.15, 0.2) is 6.04 Å². The van der Waals surface area contributed by atoms with Gasteiger partial charge in [-0.05, 0) is 22.8 Å². The van der Waals surface area contributed by atoms with Gasteiger partial charge in [-0.25, -0.2) is 9.48 Å². The average Bonchev–Trinajstić information content (AvgIpc) is 2.50. The molecule has 0 fully saturated rings. The summed E-state index contributed by atoms with van der Waals surface area (Å²) in [5.41, 5.74) is 0. The third-order valence-electron chi connectivity index (χ3n) is 1.66. The van der Waals surface area contributed by atoms with E-state index in [1.165, 1.54) is 11.0 Å². The van der Waals surface area contributed by atoms with Crippen molar-refractivity contribution in [2.45, 2.75) is 26.3 Å². The van der Waals surface area contributed by atoms with Crippen molar-refractivity contribution in [3.63, 3.8) is 0 Å². The van der Waals surface area contributed by atoms with E-state index in [0.29, 0.717) is 12.3 Å². The fourth-order valence-corrected chi connectivity index (χ4v) is 1.08. The van der Waals surface area contributed by atoms with Crippen molar-refractivity contribution < 1.29 is 9.90 Å². The largest absolute Gasteiger partial charge is 0.480 e. The minimum Gasteiger partial charge on any atom is -0.480 e. The van der Waals surface area contributed by atoms with Gasteiger partial charge in [0, 0.05) is 0 Å². The molecule has 0 bridgehead atoms. The molecule has 1 aromatic rings. The number of carbonyl (C=O) groups is 1. The molecule has 0 aliphatic carbocycles. The van der Waals surface area contributed by atoms with Crippen LogP contribution >= 0.6 is 0 Å². The highest BCUT2D eigenvalue weighted by Crippen LogP contribution is 2.15. The second kappa shape index (κ2) is 3.97. The molecular formula is C7H12N4O2. The lowest BCUT2D eigenvalue weighted by atomic mass is 10.0. The van der Waals surface area contributed by atoms with Crippen LogP contribution in [0, 0.1) is 5.92 Å². The number of rotatable bonds is 4. The first-order valence-electron chi connectivity index (χ1n) is 4.06. The molecule has 6 heteroatoms. The highest BCUT2D eigenvalue weighted by Gasteiger charge is 2.21. The van der Waals surface area contributed by atoms with E-state index in [9.17, 15) is 4.79 Å². The van der Waals surface area contributed by atoms with Crippen LogP contribution in [0.25, 0.3) is 0 Å². The quantitative estimate of drug-likeness (QED) is 0.730. The van der Waals surface area contributed by atoms with Gasteiger partial charge in [0.2, 0.25) is 0 Å². The molecule has 1 aromatic heterocycles. The standard InChI is InChI=1S/C7H12N4O2/c1-5(2)3-6(7(12)13)11-4-8-9-10-11/h4-6H,3H2,1-2H3,(H,12,13)/t6-/m0/s1. The summed E-state index contributed by atoms with van der Waals surface area (Å²) in [6.07, 6.45) is 1.85. The Morgan fingerprint density at radius 3 is 2.69 bits per heavy atom. The predicted octanol–water partition coefficient (Wildman–Crippen LogP) is 0.345. The fraction of sp³-hybridized carbons (Fsp3) is 0.714. The van der Waals surface area contributed by atoms with Gasteiger partial charge in [-0.3, -0.25) is 0 Å². The second-order valence-corrected chi connectivity index (χ2v) is 3.27. The molecule has 1 N–H and O–H groups in total. The number of tetrazole rings is 1. The van der Waals surface area contributed by atoms with E-state index in [-0.39, 0.29) is 0 Å². The summed E-state index contributed by atoms with van der Waals surface area (Å²) in [5, 5.41) is 19.2. The Labute approximate surface area is 75.6 Å². The maximum atomic E-state index is 10.8. The van der Waals surface area contributed by atoms with E-state index in [0.717, 1.165) is 0 Å². The molecule has 0 radical (unpaired) electrons. The number of carboxylic acid groups (broad SMARTS) is 1. The van der Waals surface area contributed by atoms with Gasteiger partial charge >= 0.3 is 5.97 Å². The number of aliphatic carboxylic acids is 1. The van der Waals surface area contributed by atoms with Crippen LogP contribution in [0.2, 0.25) is 0 Å². The highest BCUT2D eigenvalue weighted by molar-refractivity contribution is 5.71. The zero-order valence-electron chi connectivity index (χ0n) is 7.58. The van der Waals surface area contributed by atoms with Crippen molar-refractivity contribution in [3.8, 4) is 0 Å². The SMILES string of the molecule is CC(C)C[C@@H](C(=O)O)n1cnnn1. The molecule has 0 aliphatic rings. The number of aromatic nitrogens is 4. The molecule has 0 spiro atoms. The van der Waals surface area contributed by atoms with Crippen LogP contribution in [0.15, 0.2) is 6.33 Å². The maximum absolute atomic E-state index is 10.8. The summed E-state index contributed by atoms with van der Waals surface area (Å²) >= 11 is 0. The van der Waals surface area contributed by atoms with E-state index in [4.69, 9.17) is 5.11 Å². The molecule has 0 unspecified atom stereocenters. The zero-order valence-corrected chi connectivity index (χ0v) is 7.58. The molecule has 1 heterocycles. The first kappa shape index (κ1) is 9.63. The highest BCUT2D eigenvalue weighted by atomic mass is 16.4. The van der Waals surface area contributed by atoms with Gasteiger partial charge in [0.1, 0.15) is 6.33 Å². The van der Waals surface area contributed by atoms with Crippen LogP contribution in [0.4, 0.5) is 0 Å². The van der Waals surface area contributed by atoms with Crippen LogP contribution in [0.3, 0.4) is 0 Å². The van der Waals surface area contributed by atoms with Crippen LogP contribution < -0.4 is 0 Å². The Bertz CT molecular complexity index is 270. The van der Waals surface area contributed by atoms with Gasteiger partial charge in [-0.1, -0.05) is 13.8 Å². The lowest BCUT2D eigenvalue weighted by Gasteiger charge is -2.13. The van der Waals surface area contributed by atoms with Crippen LogP contribution in [0.5, 0.6) is 0 Å². The topological polar surface area (TPSA) is 80.9 Å². The van der Waals surface area contributed by atoms with Gasteiger partial charge in [0.05, 0.1) is 0 Å². The number of carboxylic acids is 1. The Kier molecular flexibility index (Phi) is 2.94. The molecule has 0 saturated carbocycles. The number of nitrogens with zero attached hydrogens (tertiary/aromatic N) is 4. The monoisotopic (exact) mass is 184 g/mol. The van der Waals surface area contributed by atoms with E-state index >= 15 is 0 Å². The van der Waals surface area contributed by atoms with Crippen LogP contribution in [-0.2, 0) is 4.79 Å². The van der Waals surface area contributed by atoms with Gasteiger partial charge in [-0.2, -0.15) is 0 Å². The van der Waals surface area contributed by atoms with Crippen molar-refractivity contribution in [2.24, 2.45) is 5.92 Å². The maximum Gasteiger partial charge on any atom is 0.328 e. The number of hydrogen-bond acceptors (Lipinski definition) is 4. The van der Waals surface area contributed by atoms with Crippen molar-refractivity contribution in [3.05, 3.63) is 6.33 Å². The molecule has 6 nitrogen and oxygen atoms in total. The molecular weight excluding hydrogens is 172 g/mol. The fourth-order valence-electron chi connectivity index (χ4n) is 1.08. The third-order valence-corrected chi connectivity index (χ3v) is 1.66. The average molecular weight is 184 g/mol. The van der Waals surface area contributed by atoms with Gasteiger partial charge in [-0.15, -0.1) is 5.10 Å². The summed E-state index contributed by atoms with van der Waals surface area (Å²) in [4.78, 5) is 10.8. The lowest BCUT2D eigenvalue weighted by molar-refractivity contribution is -0.141. The minimum absolute atomic E-state index is 0.297. The summed E-state index contributed by atoms with van der Waals surface area (Å²) < 4.78 is 1.27. The van der Waals surface area contributed by atoms with E-state index in [1.807, 2.05) is 13.8 Å². The second-order valence-electron chi connectivity index (χ2n) is 3.27. The zero-order chi connectivity index (χ0) is 9.84. The first-order chi connectivity index (χ1) is 6.11. The Morgan fingerprint density at radius 1 is 1.62 bits per heavy atom. The predicted molar refractivity (Wildman–Crippen MR) is 43.9 cm³/mol. The summed E-state index contributed by atoms with van der Waals surface area (Å²) in [6.45, 7) is 3.92. The van der Waals surface area contributed by atoms with Crippen molar-refractivity contribution >= 4 is 5.97 Å². The molecule has 1 atom stereocenters. The lowest BCUT2D eigenvalue weighted by Crippen LogP contribution is -2.21. The molecule has 1 rings (SSSR count). The molecule has 0 aliphatic heterocycles. The minimum atomic E-state index is -0.902. The number of hydrogen-bond donors (Lipinski definition) is 1. The van der Waals surface area contributed by atoms with Crippen molar-refractivity contribution in [1.82, 2.24) is 20.2 Å². The molecule has 13 heavy (non-hydrogen) atoms. The van der Waals surface area contributed by atoms with E-state index < -0.39 is 12.0 Å². The summed E-state index contributed by atoms with van der Waals surface area (Å²) in [6, 6.07) is -0.657. The third kappa shape index (κ3) is 2.50. The van der Waals surface area contributed by atoms with Crippen LogP contribution in [0.1, 0.15) is 26.3 Å². The summed E-state index contributed by atoms with van der Waals surface area (Å²) in [7, 11) is 0. The molecule has 0 amide bonds.